The molecule has 1 aromatic rings. The zero-order valence-corrected chi connectivity index (χ0v) is 12.4. The van der Waals surface area contributed by atoms with Crippen molar-refractivity contribution in [2.24, 2.45) is 5.92 Å². The topological polar surface area (TPSA) is 15.3 Å². The predicted molar refractivity (Wildman–Crippen MR) is 80.5 cm³/mol. The maximum atomic E-state index is 5.96. The van der Waals surface area contributed by atoms with E-state index in [4.69, 9.17) is 11.6 Å². The van der Waals surface area contributed by atoms with E-state index in [1.54, 1.807) is 0 Å². The Kier molecular flexibility index (Phi) is 4.11. The molecule has 1 aliphatic heterocycles. The van der Waals surface area contributed by atoms with E-state index in [2.05, 4.69) is 29.3 Å². The Hall–Kier alpha value is -0.570. The highest BCUT2D eigenvalue weighted by atomic mass is 35.5. The molecule has 104 valence electrons. The first-order chi connectivity index (χ1) is 9.22. The quantitative estimate of drug-likeness (QED) is 0.913. The van der Waals surface area contributed by atoms with Gasteiger partial charge in [-0.15, -0.1) is 0 Å². The Morgan fingerprint density at radius 3 is 2.63 bits per heavy atom. The van der Waals surface area contributed by atoms with Crippen molar-refractivity contribution in [1.29, 1.82) is 0 Å². The Bertz CT molecular complexity index is 413. The minimum absolute atomic E-state index is 0.659. The fraction of sp³-hybridized carbons (Fsp3) is 0.625. The fourth-order valence-electron chi connectivity index (χ4n) is 3.02. The lowest BCUT2D eigenvalue weighted by Gasteiger charge is -2.29. The lowest BCUT2D eigenvalue weighted by molar-refractivity contribution is 0.191. The molecule has 19 heavy (non-hydrogen) atoms. The molecule has 2 atom stereocenters. The van der Waals surface area contributed by atoms with Gasteiger partial charge in [-0.3, -0.25) is 4.90 Å². The Labute approximate surface area is 121 Å². The normalized spacial score (nSPS) is 29.2. The first-order valence-corrected chi connectivity index (χ1v) is 7.82. The molecule has 0 radical (unpaired) electrons. The molecule has 2 aliphatic rings. The van der Waals surface area contributed by atoms with Gasteiger partial charge in [-0.25, -0.2) is 0 Å². The molecule has 0 aromatic heterocycles. The van der Waals surface area contributed by atoms with Gasteiger partial charge < -0.3 is 5.32 Å². The van der Waals surface area contributed by atoms with Crippen LogP contribution in [0.4, 0.5) is 0 Å². The van der Waals surface area contributed by atoms with Crippen LogP contribution in [-0.2, 0) is 6.54 Å². The zero-order valence-electron chi connectivity index (χ0n) is 11.6. The molecule has 2 unspecified atom stereocenters. The summed E-state index contributed by atoms with van der Waals surface area (Å²) in [5, 5.41) is 4.56. The third-order valence-electron chi connectivity index (χ3n) is 4.51. The average Bonchev–Trinajstić information content (AvgIpc) is 3.22. The summed E-state index contributed by atoms with van der Waals surface area (Å²) in [5.74, 6) is 0.929. The molecule has 1 saturated heterocycles. The van der Waals surface area contributed by atoms with Crippen LogP contribution in [0, 0.1) is 5.92 Å². The van der Waals surface area contributed by atoms with Gasteiger partial charge in [-0.05, 0) is 56.3 Å². The van der Waals surface area contributed by atoms with Crippen LogP contribution in [0.5, 0.6) is 0 Å². The van der Waals surface area contributed by atoms with Crippen LogP contribution in [0.2, 0.25) is 5.02 Å². The third-order valence-corrected chi connectivity index (χ3v) is 4.77. The van der Waals surface area contributed by atoms with Crippen molar-refractivity contribution < 1.29 is 0 Å². The van der Waals surface area contributed by atoms with Crippen LogP contribution >= 0.6 is 11.6 Å². The molecule has 2 fully saturated rings. The van der Waals surface area contributed by atoms with Crippen LogP contribution < -0.4 is 5.32 Å². The van der Waals surface area contributed by atoms with E-state index >= 15 is 0 Å². The van der Waals surface area contributed by atoms with Gasteiger partial charge in [-0.1, -0.05) is 23.7 Å². The van der Waals surface area contributed by atoms with Gasteiger partial charge in [0.1, 0.15) is 0 Å². The van der Waals surface area contributed by atoms with E-state index in [-0.39, 0.29) is 0 Å². The number of halogens is 1. The maximum absolute atomic E-state index is 5.96. The lowest BCUT2D eigenvalue weighted by atomic mass is 10.1. The van der Waals surface area contributed by atoms with Crippen LogP contribution in [0.1, 0.15) is 31.7 Å². The molecular formula is C16H23ClN2. The van der Waals surface area contributed by atoms with Crippen LogP contribution in [0.15, 0.2) is 24.3 Å². The molecule has 0 amide bonds. The summed E-state index contributed by atoms with van der Waals surface area (Å²) in [6.07, 6.45) is 4.08. The van der Waals surface area contributed by atoms with Gasteiger partial charge in [0.05, 0.1) is 0 Å². The number of benzene rings is 1. The third kappa shape index (κ3) is 3.50. The van der Waals surface area contributed by atoms with Crippen molar-refractivity contribution in [3.63, 3.8) is 0 Å². The van der Waals surface area contributed by atoms with Crippen molar-refractivity contribution in [2.75, 3.05) is 13.1 Å². The monoisotopic (exact) mass is 278 g/mol. The number of rotatable bonds is 3. The minimum Gasteiger partial charge on any atom is -0.312 e. The Balaban J connectivity index is 1.67. The van der Waals surface area contributed by atoms with Crippen molar-refractivity contribution >= 4 is 11.6 Å². The molecule has 1 aliphatic carbocycles. The molecule has 1 heterocycles. The second-order valence-corrected chi connectivity index (χ2v) is 6.53. The van der Waals surface area contributed by atoms with Gasteiger partial charge in [0.25, 0.3) is 0 Å². The van der Waals surface area contributed by atoms with Gasteiger partial charge in [0, 0.05) is 30.2 Å². The fourth-order valence-corrected chi connectivity index (χ4v) is 3.14. The summed E-state index contributed by atoms with van der Waals surface area (Å²) in [7, 11) is 0. The molecular weight excluding hydrogens is 256 g/mol. The van der Waals surface area contributed by atoms with Gasteiger partial charge in [0.2, 0.25) is 0 Å². The summed E-state index contributed by atoms with van der Waals surface area (Å²) in [4.78, 5) is 2.63. The molecule has 0 bridgehead atoms. The van der Waals surface area contributed by atoms with E-state index in [9.17, 15) is 0 Å². The van der Waals surface area contributed by atoms with E-state index in [0.29, 0.717) is 12.1 Å². The van der Waals surface area contributed by atoms with E-state index < -0.39 is 0 Å². The predicted octanol–water partition coefficient (Wildman–Crippen LogP) is 3.30. The van der Waals surface area contributed by atoms with Crippen molar-refractivity contribution in [1.82, 2.24) is 10.2 Å². The molecule has 1 saturated carbocycles. The minimum atomic E-state index is 0.659. The summed E-state index contributed by atoms with van der Waals surface area (Å²) in [5.41, 5.74) is 1.37. The van der Waals surface area contributed by atoms with Crippen molar-refractivity contribution in [2.45, 2.75) is 44.8 Å². The molecule has 1 aromatic carbocycles. The van der Waals surface area contributed by atoms with Crippen molar-refractivity contribution in [3.05, 3.63) is 34.9 Å². The summed E-state index contributed by atoms with van der Waals surface area (Å²) >= 11 is 5.96. The number of nitrogens with zero attached hydrogens (tertiary/aromatic N) is 1. The average molecular weight is 279 g/mol. The van der Waals surface area contributed by atoms with Gasteiger partial charge in [0.15, 0.2) is 0 Å². The standard InChI is InChI=1S/C16H23ClN2/c1-12-8-9-18-16(14-4-5-14)11-19(12)10-13-2-6-15(17)7-3-13/h2-3,6-7,12,14,16,18H,4-5,8-11H2,1H3. The Morgan fingerprint density at radius 2 is 1.95 bits per heavy atom. The zero-order chi connectivity index (χ0) is 13.2. The largest absolute Gasteiger partial charge is 0.312 e. The second kappa shape index (κ2) is 5.82. The summed E-state index contributed by atoms with van der Waals surface area (Å²) < 4.78 is 0. The van der Waals surface area contributed by atoms with Crippen LogP contribution in [0.25, 0.3) is 0 Å². The molecule has 3 rings (SSSR count). The first-order valence-electron chi connectivity index (χ1n) is 7.44. The van der Waals surface area contributed by atoms with Crippen molar-refractivity contribution in [3.8, 4) is 0 Å². The smallest absolute Gasteiger partial charge is 0.0406 e. The molecule has 2 nitrogen and oxygen atoms in total. The van der Waals surface area contributed by atoms with Crippen LogP contribution in [-0.4, -0.2) is 30.1 Å². The number of hydrogen-bond acceptors (Lipinski definition) is 2. The number of hydrogen-bond donors (Lipinski definition) is 1. The highest BCUT2D eigenvalue weighted by molar-refractivity contribution is 6.30. The lowest BCUT2D eigenvalue weighted by Crippen LogP contribution is -2.40. The Morgan fingerprint density at radius 1 is 1.21 bits per heavy atom. The molecule has 0 spiro atoms. The van der Waals surface area contributed by atoms with Crippen LogP contribution in [0.3, 0.4) is 0 Å². The van der Waals surface area contributed by atoms with E-state index in [1.807, 2.05) is 12.1 Å². The van der Waals surface area contributed by atoms with Gasteiger partial charge >= 0.3 is 0 Å². The highest BCUT2D eigenvalue weighted by Crippen LogP contribution is 2.34. The SMILES string of the molecule is CC1CCNC(C2CC2)CN1Cc1ccc(Cl)cc1. The maximum Gasteiger partial charge on any atom is 0.0406 e. The second-order valence-electron chi connectivity index (χ2n) is 6.09. The summed E-state index contributed by atoms with van der Waals surface area (Å²) in [6, 6.07) is 9.66. The number of nitrogens with one attached hydrogen (secondary N) is 1. The molecule has 3 heteroatoms. The van der Waals surface area contributed by atoms with E-state index in [1.165, 1.54) is 37.9 Å². The van der Waals surface area contributed by atoms with Gasteiger partial charge in [-0.2, -0.15) is 0 Å². The summed E-state index contributed by atoms with van der Waals surface area (Å²) in [6.45, 7) is 5.75. The van der Waals surface area contributed by atoms with E-state index in [0.717, 1.165) is 17.5 Å². The first kappa shape index (κ1) is 13.4. The highest BCUT2D eigenvalue weighted by Gasteiger charge is 2.34. The molecule has 1 N–H and O–H groups in total.